The van der Waals surface area contributed by atoms with E-state index in [9.17, 15) is 0 Å². The summed E-state index contributed by atoms with van der Waals surface area (Å²) in [6, 6.07) is 15.5. The Morgan fingerprint density at radius 3 is 2.47 bits per heavy atom. The second kappa shape index (κ2) is 6.60. The molecule has 2 nitrogen and oxygen atoms in total. The normalized spacial score (nSPS) is 12.2. The van der Waals surface area contributed by atoms with Crippen molar-refractivity contribution in [1.29, 1.82) is 0 Å². The van der Waals surface area contributed by atoms with Gasteiger partial charge in [-0.25, -0.2) is 0 Å². The molecule has 0 aliphatic carbocycles. The maximum Gasteiger partial charge on any atom is 0.128 e. The predicted molar refractivity (Wildman–Crippen MR) is 79.9 cm³/mol. The highest BCUT2D eigenvalue weighted by atomic mass is 35.5. The zero-order valence-electron chi connectivity index (χ0n) is 11.0. The lowest BCUT2D eigenvalue weighted by molar-refractivity contribution is 0.482. The molecular formula is C16H18ClNO. The van der Waals surface area contributed by atoms with Crippen molar-refractivity contribution in [2.45, 2.75) is 25.8 Å². The highest BCUT2D eigenvalue weighted by Gasteiger charge is 2.07. The zero-order valence-corrected chi connectivity index (χ0v) is 11.7. The van der Waals surface area contributed by atoms with Gasteiger partial charge in [-0.3, -0.25) is 0 Å². The van der Waals surface area contributed by atoms with Gasteiger partial charge in [0, 0.05) is 11.1 Å². The molecule has 0 aromatic heterocycles. The Balaban J connectivity index is 2.10. The molecule has 3 heteroatoms. The highest BCUT2D eigenvalue weighted by Crippen LogP contribution is 2.27. The molecule has 0 heterocycles. The largest absolute Gasteiger partial charge is 0.457 e. The number of rotatable bonds is 5. The van der Waals surface area contributed by atoms with Gasteiger partial charge >= 0.3 is 0 Å². The summed E-state index contributed by atoms with van der Waals surface area (Å²) >= 11 is 6.26. The molecule has 0 radical (unpaired) electrons. The van der Waals surface area contributed by atoms with E-state index in [1.165, 1.54) is 0 Å². The quantitative estimate of drug-likeness (QED) is 0.877. The molecule has 0 saturated carbocycles. The summed E-state index contributed by atoms with van der Waals surface area (Å²) in [5, 5.41) is 0.706. The Bertz CT molecular complexity index is 528. The van der Waals surface area contributed by atoms with Gasteiger partial charge in [0.05, 0.1) is 0 Å². The van der Waals surface area contributed by atoms with Crippen molar-refractivity contribution in [3.63, 3.8) is 0 Å². The van der Waals surface area contributed by atoms with Crippen molar-refractivity contribution in [3.8, 4) is 11.5 Å². The number of nitrogens with two attached hydrogens (primary N) is 1. The molecule has 100 valence electrons. The SMILES string of the molecule is CCC(N)Cc1ccc(Oc2ccccc2)cc1Cl. The molecule has 0 saturated heterocycles. The molecule has 0 aliphatic rings. The summed E-state index contributed by atoms with van der Waals surface area (Å²) in [7, 11) is 0. The third kappa shape index (κ3) is 3.98. The molecule has 2 N–H and O–H groups in total. The maximum absolute atomic E-state index is 6.26. The van der Waals surface area contributed by atoms with E-state index in [4.69, 9.17) is 22.1 Å². The van der Waals surface area contributed by atoms with Crippen LogP contribution >= 0.6 is 11.6 Å². The topological polar surface area (TPSA) is 35.2 Å². The molecule has 1 unspecified atom stereocenters. The monoisotopic (exact) mass is 275 g/mol. The van der Waals surface area contributed by atoms with Crippen molar-refractivity contribution >= 4 is 11.6 Å². The Kier molecular flexibility index (Phi) is 4.83. The van der Waals surface area contributed by atoms with Gasteiger partial charge in [-0.15, -0.1) is 0 Å². The molecule has 0 amide bonds. The average molecular weight is 276 g/mol. The number of hydrogen-bond donors (Lipinski definition) is 1. The minimum atomic E-state index is 0.151. The predicted octanol–water partition coefficient (Wildman–Crippen LogP) is 4.41. The minimum Gasteiger partial charge on any atom is -0.457 e. The van der Waals surface area contributed by atoms with Gasteiger partial charge in [-0.05, 0) is 42.7 Å². The van der Waals surface area contributed by atoms with Crippen LogP contribution in [-0.4, -0.2) is 6.04 Å². The number of hydrogen-bond acceptors (Lipinski definition) is 2. The lowest BCUT2D eigenvalue weighted by Crippen LogP contribution is -2.21. The van der Waals surface area contributed by atoms with Gasteiger partial charge in [0.15, 0.2) is 0 Å². The van der Waals surface area contributed by atoms with Crippen LogP contribution in [0.1, 0.15) is 18.9 Å². The average Bonchev–Trinajstić information content (AvgIpc) is 2.43. The van der Waals surface area contributed by atoms with E-state index in [0.717, 1.165) is 29.9 Å². The standard InChI is InChI=1S/C16H18ClNO/c1-2-13(18)10-12-8-9-15(11-16(12)17)19-14-6-4-3-5-7-14/h3-9,11,13H,2,10,18H2,1H3. The molecule has 2 rings (SSSR count). The second-order valence-electron chi connectivity index (χ2n) is 4.54. The van der Waals surface area contributed by atoms with Gasteiger partial charge in [-0.2, -0.15) is 0 Å². The van der Waals surface area contributed by atoms with Gasteiger partial charge in [-0.1, -0.05) is 42.8 Å². The van der Waals surface area contributed by atoms with E-state index in [2.05, 4.69) is 6.92 Å². The highest BCUT2D eigenvalue weighted by molar-refractivity contribution is 6.31. The first-order valence-electron chi connectivity index (χ1n) is 6.46. The van der Waals surface area contributed by atoms with E-state index in [0.29, 0.717) is 5.02 Å². The number of benzene rings is 2. The third-order valence-corrected chi connectivity index (χ3v) is 3.36. The van der Waals surface area contributed by atoms with Crippen LogP contribution in [0, 0.1) is 0 Å². The lowest BCUT2D eigenvalue weighted by atomic mass is 10.0. The van der Waals surface area contributed by atoms with E-state index in [1.807, 2.05) is 48.5 Å². The van der Waals surface area contributed by atoms with Gasteiger partial charge < -0.3 is 10.5 Å². The lowest BCUT2D eigenvalue weighted by Gasteiger charge is -2.12. The van der Waals surface area contributed by atoms with Gasteiger partial charge in [0.25, 0.3) is 0 Å². The van der Waals surface area contributed by atoms with Crippen molar-refractivity contribution in [1.82, 2.24) is 0 Å². The van der Waals surface area contributed by atoms with Crippen LogP contribution in [0.5, 0.6) is 11.5 Å². The molecular weight excluding hydrogens is 258 g/mol. The Labute approximate surface area is 119 Å². The van der Waals surface area contributed by atoms with Crippen molar-refractivity contribution in [2.75, 3.05) is 0 Å². The van der Waals surface area contributed by atoms with E-state index in [-0.39, 0.29) is 6.04 Å². The molecule has 0 aliphatic heterocycles. The minimum absolute atomic E-state index is 0.151. The van der Waals surface area contributed by atoms with Crippen LogP contribution in [-0.2, 0) is 6.42 Å². The summed E-state index contributed by atoms with van der Waals surface area (Å²) in [4.78, 5) is 0. The molecule has 19 heavy (non-hydrogen) atoms. The Hall–Kier alpha value is -1.51. The summed E-state index contributed by atoms with van der Waals surface area (Å²) in [5.74, 6) is 1.54. The summed E-state index contributed by atoms with van der Waals surface area (Å²) in [6.07, 6.45) is 1.74. The maximum atomic E-state index is 6.26. The number of para-hydroxylation sites is 1. The molecule has 2 aromatic rings. The van der Waals surface area contributed by atoms with Crippen LogP contribution in [0.2, 0.25) is 5.02 Å². The van der Waals surface area contributed by atoms with Crippen LogP contribution < -0.4 is 10.5 Å². The zero-order chi connectivity index (χ0) is 13.7. The van der Waals surface area contributed by atoms with Crippen LogP contribution in [0.3, 0.4) is 0 Å². The smallest absolute Gasteiger partial charge is 0.128 e. The molecule has 0 bridgehead atoms. The first kappa shape index (κ1) is 13.9. The van der Waals surface area contributed by atoms with Crippen molar-refractivity contribution in [3.05, 3.63) is 59.1 Å². The van der Waals surface area contributed by atoms with E-state index < -0.39 is 0 Å². The molecule has 2 aromatic carbocycles. The van der Waals surface area contributed by atoms with Crippen LogP contribution in [0.4, 0.5) is 0 Å². The van der Waals surface area contributed by atoms with E-state index in [1.54, 1.807) is 0 Å². The van der Waals surface area contributed by atoms with E-state index >= 15 is 0 Å². The Morgan fingerprint density at radius 1 is 1.11 bits per heavy atom. The van der Waals surface area contributed by atoms with Crippen LogP contribution in [0.15, 0.2) is 48.5 Å². The van der Waals surface area contributed by atoms with Gasteiger partial charge in [0.2, 0.25) is 0 Å². The third-order valence-electron chi connectivity index (χ3n) is 3.01. The number of ether oxygens (including phenoxy) is 1. The summed E-state index contributed by atoms with van der Waals surface area (Å²) < 4.78 is 5.73. The molecule has 0 fully saturated rings. The summed E-state index contributed by atoms with van der Waals surface area (Å²) in [5.41, 5.74) is 7.01. The fraction of sp³-hybridized carbons (Fsp3) is 0.250. The van der Waals surface area contributed by atoms with Crippen molar-refractivity contribution in [2.24, 2.45) is 5.73 Å². The number of halogens is 1. The van der Waals surface area contributed by atoms with Crippen LogP contribution in [0.25, 0.3) is 0 Å². The summed E-state index contributed by atoms with van der Waals surface area (Å²) in [6.45, 7) is 2.07. The van der Waals surface area contributed by atoms with Gasteiger partial charge in [0.1, 0.15) is 11.5 Å². The molecule has 1 atom stereocenters. The first-order chi connectivity index (χ1) is 9.19. The first-order valence-corrected chi connectivity index (χ1v) is 6.83. The second-order valence-corrected chi connectivity index (χ2v) is 4.95. The fourth-order valence-corrected chi connectivity index (χ4v) is 2.06. The van der Waals surface area contributed by atoms with Crippen molar-refractivity contribution < 1.29 is 4.74 Å². The Morgan fingerprint density at radius 2 is 1.84 bits per heavy atom. The molecule has 0 spiro atoms. The fourth-order valence-electron chi connectivity index (χ4n) is 1.81.